The summed E-state index contributed by atoms with van der Waals surface area (Å²) in [4.78, 5) is 12.5. The number of nitrogens with zero attached hydrogens (tertiary/aromatic N) is 5. The van der Waals surface area contributed by atoms with E-state index in [0.717, 1.165) is 34.0 Å². The zero-order valence-corrected chi connectivity index (χ0v) is 14.4. The Balaban J connectivity index is 1.68. The summed E-state index contributed by atoms with van der Waals surface area (Å²) >= 11 is 0. The standard InChI is InChI=1S/C20H18N6/c1-15-11-19(24-14-23-15)22-12-17-13-26(18-5-3-2-4-6-18)25-20(17)16-7-9-21-10-8-16/h2-11,13-14H,12H2,1H3,(H,22,23,24). The normalized spacial score (nSPS) is 10.7. The molecule has 0 atom stereocenters. The van der Waals surface area contributed by atoms with Gasteiger partial charge in [0.15, 0.2) is 0 Å². The lowest BCUT2D eigenvalue weighted by Gasteiger charge is -2.06. The van der Waals surface area contributed by atoms with Gasteiger partial charge in [-0.05, 0) is 31.2 Å². The van der Waals surface area contributed by atoms with E-state index in [1.807, 2.05) is 66.3 Å². The van der Waals surface area contributed by atoms with Gasteiger partial charge in [-0.3, -0.25) is 4.98 Å². The molecule has 128 valence electrons. The first-order valence-corrected chi connectivity index (χ1v) is 8.36. The highest BCUT2D eigenvalue weighted by molar-refractivity contribution is 5.63. The van der Waals surface area contributed by atoms with Crippen molar-refractivity contribution in [1.29, 1.82) is 0 Å². The molecule has 4 rings (SSSR count). The highest BCUT2D eigenvalue weighted by Gasteiger charge is 2.12. The molecule has 26 heavy (non-hydrogen) atoms. The lowest BCUT2D eigenvalue weighted by molar-refractivity contribution is 0.883. The molecule has 6 nitrogen and oxygen atoms in total. The van der Waals surface area contributed by atoms with Crippen molar-refractivity contribution in [2.24, 2.45) is 0 Å². The molecule has 0 fully saturated rings. The highest BCUT2D eigenvalue weighted by Crippen LogP contribution is 2.24. The number of aryl methyl sites for hydroxylation is 1. The lowest BCUT2D eigenvalue weighted by Crippen LogP contribution is -2.02. The molecule has 0 radical (unpaired) electrons. The molecule has 0 saturated carbocycles. The fourth-order valence-electron chi connectivity index (χ4n) is 2.74. The van der Waals surface area contributed by atoms with Gasteiger partial charge in [-0.2, -0.15) is 5.10 Å². The van der Waals surface area contributed by atoms with Crippen LogP contribution in [0.1, 0.15) is 11.3 Å². The van der Waals surface area contributed by atoms with Crippen molar-refractivity contribution in [3.8, 4) is 16.9 Å². The van der Waals surface area contributed by atoms with Gasteiger partial charge in [-0.1, -0.05) is 18.2 Å². The molecule has 1 N–H and O–H groups in total. The minimum atomic E-state index is 0.612. The summed E-state index contributed by atoms with van der Waals surface area (Å²) in [7, 11) is 0. The van der Waals surface area contributed by atoms with Gasteiger partial charge < -0.3 is 5.32 Å². The number of pyridine rings is 1. The zero-order chi connectivity index (χ0) is 17.8. The summed E-state index contributed by atoms with van der Waals surface area (Å²) in [5.41, 5.74) is 4.99. The van der Waals surface area contributed by atoms with Gasteiger partial charge in [0.1, 0.15) is 12.1 Å². The predicted molar refractivity (Wildman–Crippen MR) is 101 cm³/mol. The summed E-state index contributed by atoms with van der Waals surface area (Å²) in [5.74, 6) is 0.797. The minimum Gasteiger partial charge on any atom is -0.366 e. The van der Waals surface area contributed by atoms with E-state index >= 15 is 0 Å². The molecule has 3 aromatic heterocycles. The van der Waals surface area contributed by atoms with Crippen LogP contribution in [0.3, 0.4) is 0 Å². The molecule has 0 amide bonds. The van der Waals surface area contributed by atoms with Crippen LogP contribution in [0.5, 0.6) is 0 Å². The van der Waals surface area contributed by atoms with E-state index in [9.17, 15) is 0 Å². The Kier molecular flexibility index (Phi) is 4.38. The van der Waals surface area contributed by atoms with Crippen LogP contribution in [0, 0.1) is 6.92 Å². The second kappa shape index (κ2) is 7.14. The second-order valence-corrected chi connectivity index (χ2v) is 5.92. The fraction of sp³-hybridized carbons (Fsp3) is 0.100. The fourth-order valence-corrected chi connectivity index (χ4v) is 2.74. The molecule has 0 saturated heterocycles. The third-order valence-corrected chi connectivity index (χ3v) is 4.03. The van der Waals surface area contributed by atoms with Gasteiger partial charge in [0.05, 0.1) is 11.4 Å². The Labute approximate surface area is 151 Å². The number of aromatic nitrogens is 5. The summed E-state index contributed by atoms with van der Waals surface area (Å²) in [6.45, 7) is 2.56. The smallest absolute Gasteiger partial charge is 0.129 e. The molecule has 0 aliphatic rings. The van der Waals surface area contributed by atoms with Gasteiger partial charge in [-0.15, -0.1) is 0 Å². The molecule has 0 unspecified atom stereocenters. The number of nitrogens with one attached hydrogen (secondary N) is 1. The number of benzene rings is 1. The lowest BCUT2D eigenvalue weighted by atomic mass is 10.1. The Hall–Kier alpha value is -3.54. The second-order valence-electron chi connectivity index (χ2n) is 5.92. The third-order valence-electron chi connectivity index (χ3n) is 4.03. The summed E-state index contributed by atoms with van der Waals surface area (Å²) in [6.07, 6.45) is 7.17. The average molecular weight is 342 g/mol. The van der Waals surface area contributed by atoms with Crippen molar-refractivity contribution in [2.75, 3.05) is 5.32 Å². The third kappa shape index (κ3) is 3.44. The van der Waals surface area contributed by atoms with E-state index in [1.165, 1.54) is 0 Å². The Morgan fingerprint density at radius 3 is 2.58 bits per heavy atom. The molecule has 0 aliphatic heterocycles. The van der Waals surface area contributed by atoms with Gasteiger partial charge >= 0.3 is 0 Å². The minimum absolute atomic E-state index is 0.612. The molecule has 3 heterocycles. The molecule has 4 aromatic rings. The largest absolute Gasteiger partial charge is 0.366 e. The number of rotatable bonds is 5. The van der Waals surface area contributed by atoms with Gasteiger partial charge in [0.25, 0.3) is 0 Å². The van der Waals surface area contributed by atoms with E-state index in [0.29, 0.717) is 6.54 Å². The van der Waals surface area contributed by atoms with Crippen LogP contribution in [0.2, 0.25) is 0 Å². The monoisotopic (exact) mass is 342 g/mol. The SMILES string of the molecule is Cc1cc(NCc2cn(-c3ccccc3)nc2-c2ccncc2)ncn1. The Morgan fingerprint density at radius 1 is 1.00 bits per heavy atom. The van der Waals surface area contributed by atoms with E-state index in [-0.39, 0.29) is 0 Å². The summed E-state index contributed by atoms with van der Waals surface area (Å²) in [6, 6.07) is 15.9. The quantitative estimate of drug-likeness (QED) is 0.600. The van der Waals surface area contributed by atoms with Crippen molar-refractivity contribution >= 4 is 5.82 Å². The van der Waals surface area contributed by atoms with Crippen LogP contribution in [-0.4, -0.2) is 24.7 Å². The Bertz CT molecular complexity index is 995. The number of para-hydroxylation sites is 1. The molecule has 0 aliphatic carbocycles. The van der Waals surface area contributed by atoms with E-state index in [2.05, 4.69) is 20.3 Å². The van der Waals surface area contributed by atoms with Crippen LogP contribution in [-0.2, 0) is 6.54 Å². The zero-order valence-electron chi connectivity index (χ0n) is 14.4. The number of anilines is 1. The first-order valence-electron chi connectivity index (χ1n) is 8.36. The summed E-state index contributed by atoms with van der Waals surface area (Å²) < 4.78 is 1.90. The molecule has 0 spiro atoms. The number of hydrogen-bond acceptors (Lipinski definition) is 5. The van der Waals surface area contributed by atoms with Crippen LogP contribution < -0.4 is 5.32 Å². The van der Waals surface area contributed by atoms with Crippen molar-refractivity contribution in [2.45, 2.75) is 13.5 Å². The first-order chi connectivity index (χ1) is 12.8. The number of hydrogen-bond donors (Lipinski definition) is 1. The van der Waals surface area contributed by atoms with Crippen LogP contribution in [0.4, 0.5) is 5.82 Å². The Morgan fingerprint density at radius 2 is 1.81 bits per heavy atom. The molecule has 1 aromatic carbocycles. The van der Waals surface area contributed by atoms with Crippen molar-refractivity contribution in [3.63, 3.8) is 0 Å². The van der Waals surface area contributed by atoms with E-state index in [4.69, 9.17) is 5.10 Å². The van der Waals surface area contributed by atoms with Gasteiger partial charge in [0.2, 0.25) is 0 Å². The van der Waals surface area contributed by atoms with Crippen molar-refractivity contribution in [1.82, 2.24) is 24.7 Å². The molecular formula is C20H18N6. The maximum Gasteiger partial charge on any atom is 0.129 e. The maximum absolute atomic E-state index is 4.80. The van der Waals surface area contributed by atoms with Crippen molar-refractivity contribution in [3.05, 3.63) is 84.7 Å². The van der Waals surface area contributed by atoms with Crippen LogP contribution in [0.25, 0.3) is 16.9 Å². The molecule has 0 bridgehead atoms. The first kappa shape index (κ1) is 16.0. The summed E-state index contributed by atoms with van der Waals surface area (Å²) in [5, 5.41) is 8.15. The van der Waals surface area contributed by atoms with E-state index < -0.39 is 0 Å². The predicted octanol–water partition coefficient (Wildman–Crippen LogP) is 3.64. The highest BCUT2D eigenvalue weighted by atomic mass is 15.3. The maximum atomic E-state index is 4.80. The molecule has 6 heteroatoms. The van der Waals surface area contributed by atoms with Crippen molar-refractivity contribution < 1.29 is 0 Å². The van der Waals surface area contributed by atoms with Gasteiger partial charge in [0, 0.05) is 48.0 Å². The van der Waals surface area contributed by atoms with Gasteiger partial charge in [-0.25, -0.2) is 14.6 Å². The van der Waals surface area contributed by atoms with E-state index in [1.54, 1.807) is 18.7 Å². The van der Waals surface area contributed by atoms with Crippen LogP contribution >= 0.6 is 0 Å². The topological polar surface area (TPSA) is 68.5 Å². The van der Waals surface area contributed by atoms with Crippen LogP contribution in [0.15, 0.2) is 73.4 Å². The average Bonchev–Trinajstić information content (AvgIpc) is 3.12. The molecular weight excluding hydrogens is 324 g/mol.